The first-order valence-corrected chi connectivity index (χ1v) is 5.87. The van der Waals surface area contributed by atoms with E-state index in [1.807, 2.05) is 0 Å². The summed E-state index contributed by atoms with van der Waals surface area (Å²) in [6, 6.07) is 3.37. The molecule has 1 atom stereocenters. The molecule has 20 heavy (non-hydrogen) atoms. The van der Waals surface area contributed by atoms with Crippen LogP contribution in [0.2, 0.25) is 10.0 Å². The molecule has 1 rings (SSSR count). The Kier molecular flexibility index (Phi) is 7.65. The molecule has 0 aliphatic carbocycles. The van der Waals surface area contributed by atoms with Crippen molar-refractivity contribution in [3.8, 4) is 0 Å². The average molecular weight is 353 g/mol. The van der Waals surface area contributed by atoms with Gasteiger partial charge in [-0.25, -0.2) is 0 Å². The minimum atomic E-state index is -4.57. The summed E-state index contributed by atoms with van der Waals surface area (Å²) in [5, 5.41) is 0.605. The molecule has 0 radical (unpaired) electrons. The number of halogens is 6. The highest BCUT2D eigenvalue weighted by molar-refractivity contribution is 6.42. The van der Waals surface area contributed by atoms with Crippen LogP contribution >= 0.6 is 35.6 Å². The van der Waals surface area contributed by atoms with Gasteiger partial charge in [-0.05, 0) is 24.1 Å². The van der Waals surface area contributed by atoms with Crippen molar-refractivity contribution in [2.24, 2.45) is 5.73 Å². The molecule has 0 aliphatic rings. The highest BCUT2D eigenvalue weighted by Crippen LogP contribution is 2.23. The van der Waals surface area contributed by atoms with Gasteiger partial charge in [0.2, 0.25) is 0 Å². The molecule has 0 saturated carbocycles. The first kappa shape index (κ1) is 19.3. The number of ether oxygens (including phenoxy) is 1. The van der Waals surface area contributed by atoms with Crippen LogP contribution in [0.25, 0.3) is 0 Å². The monoisotopic (exact) mass is 351 g/mol. The van der Waals surface area contributed by atoms with E-state index in [-0.39, 0.29) is 23.9 Å². The first-order valence-electron chi connectivity index (χ1n) is 5.12. The number of benzene rings is 1. The van der Waals surface area contributed by atoms with Crippen LogP contribution in [0.1, 0.15) is 5.56 Å². The summed E-state index contributed by atoms with van der Waals surface area (Å²) in [4.78, 5) is 11.2. The van der Waals surface area contributed by atoms with Crippen LogP contribution in [0.5, 0.6) is 0 Å². The van der Waals surface area contributed by atoms with Gasteiger partial charge in [0.1, 0.15) is 6.04 Å². The molecule has 0 heterocycles. The summed E-state index contributed by atoms with van der Waals surface area (Å²) in [5.74, 6) is -1.12. The Balaban J connectivity index is 0.00000361. The lowest BCUT2D eigenvalue weighted by atomic mass is 10.1. The van der Waals surface area contributed by atoms with Crippen molar-refractivity contribution in [2.45, 2.75) is 18.6 Å². The van der Waals surface area contributed by atoms with Crippen molar-refractivity contribution < 1.29 is 22.7 Å². The molecule has 1 aromatic rings. The maximum absolute atomic E-state index is 11.9. The fraction of sp³-hybridized carbons (Fsp3) is 0.364. The predicted octanol–water partition coefficient (Wildman–Crippen LogP) is 3.39. The maximum Gasteiger partial charge on any atom is 0.422 e. The van der Waals surface area contributed by atoms with Crippen molar-refractivity contribution in [2.75, 3.05) is 6.61 Å². The van der Waals surface area contributed by atoms with Gasteiger partial charge in [-0.3, -0.25) is 4.79 Å². The van der Waals surface area contributed by atoms with Crippen LogP contribution in [-0.4, -0.2) is 24.8 Å². The number of carbonyl (C=O) groups excluding carboxylic acids is 1. The lowest BCUT2D eigenvalue weighted by Gasteiger charge is -2.13. The van der Waals surface area contributed by atoms with Crippen molar-refractivity contribution in [1.29, 1.82) is 0 Å². The SMILES string of the molecule is Cl.N[C@@H](Cc1ccc(Cl)c(Cl)c1)C(=O)OCC(F)(F)F. The molecule has 0 amide bonds. The van der Waals surface area contributed by atoms with E-state index in [0.717, 1.165) is 0 Å². The minimum absolute atomic E-state index is 0. The fourth-order valence-corrected chi connectivity index (χ4v) is 1.58. The van der Waals surface area contributed by atoms with Crippen LogP contribution in [0, 0.1) is 0 Å². The number of hydrogen-bond donors (Lipinski definition) is 1. The lowest BCUT2D eigenvalue weighted by Crippen LogP contribution is -2.36. The van der Waals surface area contributed by atoms with Gasteiger partial charge in [0, 0.05) is 0 Å². The zero-order chi connectivity index (χ0) is 14.6. The number of hydrogen-bond acceptors (Lipinski definition) is 3. The summed E-state index contributed by atoms with van der Waals surface area (Å²) in [7, 11) is 0. The van der Waals surface area contributed by atoms with Gasteiger partial charge >= 0.3 is 12.1 Å². The van der Waals surface area contributed by atoms with E-state index in [1.54, 1.807) is 6.07 Å². The smallest absolute Gasteiger partial charge is 0.422 e. The van der Waals surface area contributed by atoms with Gasteiger partial charge in [0.15, 0.2) is 6.61 Å². The fourth-order valence-electron chi connectivity index (χ4n) is 1.26. The number of carbonyl (C=O) groups is 1. The molecule has 3 nitrogen and oxygen atoms in total. The van der Waals surface area contributed by atoms with Crippen LogP contribution in [0.4, 0.5) is 13.2 Å². The summed E-state index contributed by atoms with van der Waals surface area (Å²) in [5.41, 5.74) is 6.02. The second-order valence-corrected chi connectivity index (χ2v) is 4.60. The van der Waals surface area contributed by atoms with Crippen molar-refractivity contribution in [3.05, 3.63) is 33.8 Å². The molecule has 9 heteroatoms. The third-order valence-corrected chi connectivity index (χ3v) is 2.86. The van der Waals surface area contributed by atoms with Gasteiger partial charge in [0.05, 0.1) is 10.0 Å². The first-order chi connectivity index (χ1) is 8.69. The van der Waals surface area contributed by atoms with Crippen molar-refractivity contribution in [3.63, 3.8) is 0 Å². The lowest BCUT2D eigenvalue weighted by molar-refractivity contribution is -0.187. The molecule has 0 bridgehead atoms. The quantitative estimate of drug-likeness (QED) is 0.845. The van der Waals surface area contributed by atoms with Gasteiger partial charge in [-0.15, -0.1) is 12.4 Å². The van der Waals surface area contributed by atoms with Crippen LogP contribution in [-0.2, 0) is 16.0 Å². The number of nitrogens with two attached hydrogens (primary N) is 1. The zero-order valence-electron chi connectivity index (χ0n) is 9.92. The molecule has 0 aliphatic heterocycles. The Morgan fingerprint density at radius 1 is 1.30 bits per heavy atom. The van der Waals surface area contributed by atoms with E-state index in [9.17, 15) is 18.0 Å². The Hall–Kier alpha value is -0.690. The van der Waals surface area contributed by atoms with Gasteiger partial charge in [0.25, 0.3) is 0 Å². The number of esters is 1. The zero-order valence-corrected chi connectivity index (χ0v) is 12.2. The molecular formula is C11H11Cl3F3NO2. The van der Waals surface area contributed by atoms with Crippen LogP contribution in [0.15, 0.2) is 18.2 Å². The van der Waals surface area contributed by atoms with E-state index >= 15 is 0 Å². The Bertz CT molecular complexity index is 469. The van der Waals surface area contributed by atoms with Crippen molar-refractivity contribution in [1.82, 2.24) is 0 Å². The molecule has 0 fully saturated rings. The molecule has 1 aromatic carbocycles. The minimum Gasteiger partial charge on any atom is -0.455 e. The summed E-state index contributed by atoms with van der Waals surface area (Å²) >= 11 is 11.5. The van der Waals surface area contributed by atoms with Gasteiger partial charge in [-0.1, -0.05) is 29.3 Å². The maximum atomic E-state index is 11.9. The van der Waals surface area contributed by atoms with E-state index in [4.69, 9.17) is 28.9 Å². The van der Waals surface area contributed by atoms with E-state index in [0.29, 0.717) is 10.6 Å². The Morgan fingerprint density at radius 2 is 1.90 bits per heavy atom. The second kappa shape index (κ2) is 7.93. The van der Waals surface area contributed by atoms with Crippen LogP contribution < -0.4 is 5.73 Å². The Labute approximate surface area is 129 Å². The largest absolute Gasteiger partial charge is 0.455 e. The molecule has 0 saturated heterocycles. The summed E-state index contributed by atoms with van der Waals surface area (Å²) < 4.78 is 39.6. The number of rotatable bonds is 4. The molecule has 0 spiro atoms. The average Bonchev–Trinajstić information content (AvgIpc) is 2.29. The molecule has 2 N–H and O–H groups in total. The second-order valence-electron chi connectivity index (χ2n) is 3.78. The standard InChI is InChI=1S/C11H10Cl2F3NO2.ClH/c12-7-2-1-6(3-8(7)13)4-9(17)10(18)19-5-11(14,15)16;/h1-3,9H,4-5,17H2;1H/t9-;/m0./s1. The third-order valence-electron chi connectivity index (χ3n) is 2.12. The highest BCUT2D eigenvalue weighted by atomic mass is 35.5. The van der Waals surface area contributed by atoms with Gasteiger partial charge in [-0.2, -0.15) is 13.2 Å². The Morgan fingerprint density at radius 3 is 2.40 bits per heavy atom. The normalized spacial score (nSPS) is 12.5. The van der Waals surface area contributed by atoms with Crippen LogP contribution in [0.3, 0.4) is 0 Å². The van der Waals surface area contributed by atoms with E-state index in [2.05, 4.69) is 4.74 Å². The van der Waals surface area contributed by atoms with E-state index in [1.165, 1.54) is 12.1 Å². The van der Waals surface area contributed by atoms with E-state index < -0.39 is 24.8 Å². The highest BCUT2D eigenvalue weighted by Gasteiger charge is 2.30. The molecule has 0 aromatic heterocycles. The predicted molar refractivity (Wildman–Crippen MR) is 72.4 cm³/mol. The number of alkyl halides is 3. The van der Waals surface area contributed by atoms with Crippen molar-refractivity contribution >= 4 is 41.6 Å². The molecule has 114 valence electrons. The molecular weight excluding hydrogens is 341 g/mol. The summed E-state index contributed by atoms with van der Waals surface area (Å²) in [6.45, 7) is -1.65. The third kappa shape index (κ3) is 6.65. The topological polar surface area (TPSA) is 52.3 Å². The molecule has 0 unspecified atom stereocenters. The van der Waals surface area contributed by atoms with Gasteiger partial charge < -0.3 is 10.5 Å². The summed E-state index contributed by atoms with van der Waals surface area (Å²) in [6.07, 6.45) is -4.56.